The van der Waals surface area contributed by atoms with E-state index in [4.69, 9.17) is 5.73 Å². The van der Waals surface area contributed by atoms with Gasteiger partial charge in [0.1, 0.15) is 5.82 Å². The molecule has 0 unspecified atom stereocenters. The molecule has 0 aliphatic carbocycles. The highest BCUT2D eigenvalue weighted by Gasteiger charge is 2.11. The third-order valence-electron chi connectivity index (χ3n) is 2.05. The molecular formula is C10H13BrFN. The molecule has 0 bridgehead atoms. The van der Waals surface area contributed by atoms with E-state index in [1.165, 1.54) is 6.07 Å². The van der Waals surface area contributed by atoms with Crippen molar-refractivity contribution in [2.75, 3.05) is 0 Å². The highest BCUT2D eigenvalue weighted by Crippen LogP contribution is 2.23. The van der Waals surface area contributed by atoms with Crippen molar-refractivity contribution >= 4 is 15.9 Å². The van der Waals surface area contributed by atoms with Gasteiger partial charge in [0.15, 0.2) is 0 Å². The van der Waals surface area contributed by atoms with E-state index in [-0.39, 0.29) is 11.9 Å². The number of hydrogen-bond donors (Lipinski definition) is 1. The third kappa shape index (κ3) is 2.51. The zero-order chi connectivity index (χ0) is 10.0. The first-order chi connectivity index (χ1) is 6.02. The van der Waals surface area contributed by atoms with E-state index >= 15 is 0 Å². The minimum Gasteiger partial charge on any atom is -0.324 e. The molecule has 0 saturated carbocycles. The largest absolute Gasteiger partial charge is 0.324 e. The molecule has 0 spiro atoms. The minimum absolute atomic E-state index is 0.0306. The molecule has 1 atom stereocenters. The second-order valence-corrected chi connectivity index (χ2v) is 4.30. The van der Waals surface area contributed by atoms with E-state index in [9.17, 15) is 4.39 Å². The van der Waals surface area contributed by atoms with Gasteiger partial charge in [-0.15, -0.1) is 0 Å². The lowest BCUT2D eigenvalue weighted by Gasteiger charge is -2.16. The molecule has 1 rings (SSSR count). The van der Waals surface area contributed by atoms with Gasteiger partial charge in [0.2, 0.25) is 0 Å². The molecule has 0 radical (unpaired) electrons. The van der Waals surface area contributed by atoms with Crippen molar-refractivity contribution in [1.29, 1.82) is 0 Å². The zero-order valence-corrected chi connectivity index (χ0v) is 9.31. The Morgan fingerprint density at radius 1 is 1.38 bits per heavy atom. The van der Waals surface area contributed by atoms with Crippen LogP contribution in [0.3, 0.4) is 0 Å². The smallest absolute Gasteiger partial charge is 0.137 e. The summed E-state index contributed by atoms with van der Waals surface area (Å²) in [5.41, 5.74) is 6.87. The van der Waals surface area contributed by atoms with Crippen molar-refractivity contribution in [3.8, 4) is 0 Å². The van der Waals surface area contributed by atoms with Gasteiger partial charge in [-0.1, -0.05) is 19.9 Å². The standard InChI is InChI=1S/C10H13BrFN/c1-6(2)10(13)7-3-4-9(12)8(11)5-7/h3-6,10H,13H2,1-2H3/t10-/m1/s1. The van der Waals surface area contributed by atoms with Crippen LogP contribution in [0.5, 0.6) is 0 Å². The molecule has 0 heterocycles. The van der Waals surface area contributed by atoms with Crippen LogP contribution in [0.25, 0.3) is 0 Å². The summed E-state index contributed by atoms with van der Waals surface area (Å²) in [6, 6.07) is 4.86. The van der Waals surface area contributed by atoms with Crippen LogP contribution < -0.4 is 5.73 Å². The van der Waals surface area contributed by atoms with Gasteiger partial charge in [0.25, 0.3) is 0 Å². The molecule has 0 aliphatic rings. The maximum Gasteiger partial charge on any atom is 0.137 e. The predicted octanol–water partition coefficient (Wildman–Crippen LogP) is 3.24. The normalized spacial score (nSPS) is 13.4. The van der Waals surface area contributed by atoms with Crippen LogP contribution in [0.4, 0.5) is 4.39 Å². The lowest BCUT2D eigenvalue weighted by Crippen LogP contribution is -2.16. The molecule has 0 aliphatic heterocycles. The van der Waals surface area contributed by atoms with Gasteiger partial charge < -0.3 is 5.73 Å². The first kappa shape index (κ1) is 10.7. The maximum absolute atomic E-state index is 12.9. The van der Waals surface area contributed by atoms with Gasteiger partial charge in [0, 0.05) is 6.04 Å². The van der Waals surface area contributed by atoms with E-state index in [0.717, 1.165) is 5.56 Å². The van der Waals surface area contributed by atoms with Gasteiger partial charge in [0.05, 0.1) is 4.47 Å². The fraction of sp³-hybridized carbons (Fsp3) is 0.400. The van der Waals surface area contributed by atoms with Crippen molar-refractivity contribution in [2.24, 2.45) is 11.7 Å². The Kier molecular flexibility index (Phi) is 3.45. The van der Waals surface area contributed by atoms with Crippen molar-refractivity contribution < 1.29 is 4.39 Å². The molecule has 1 nitrogen and oxygen atoms in total. The molecule has 72 valence electrons. The summed E-state index contributed by atoms with van der Waals surface area (Å²) in [4.78, 5) is 0. The molecule has 0 amide bonds. The van der Waals surface area contributed by atoms with Gasteiger partial charge in [-0.25, -0.2) is 4.39 Å². The third-order valence-corrected chi connectivity index (χ3v) is 2.65. The van der Waals surface area contributed by atoms with Gasteiger partial charge in [-0.2, -0.15) is 0 Å². The summed E-state index contributed by atoms with van der Waals surface area (Å²) < 4.78 is 13.3. The number of rotatable bonds is 2. The van der Waals surface area contributed by atoms with Crippen molar-refractivity contribution in [2.45, 2.75) is 19.9 Å². The Morgan fingerprint density at radius 2 is 2.00 bits per heavy atom. The summed E-state index contributed by atoms with van der Waals surface area (Å²) in [7, 11) is 0. The maximum atomic E-state index is 12.9. The number of nitrogens with two attached hydrogens (primary N) is 1. The Bertz CT molecular complexity index is 299. The summed E-state index contributed by atoms with van der Waals surface area (Å²) in [6.07, 6.45) is 0. The molecular weight excluding hydrogens is 233 g/mol. The molecule has 2 N–H and O–H groups in total. The van der Waals surface area contributed by atoms with Crippen LogP contribution >= 0.6 is 15.9 Å². The van der Waals surface area contributed by atoms with Crippen molar-refractivity contribution in [1.82, 2.24) is 0 Å². The summed E-state index contributed by atoms with van der Waals surface area (Å²) in [5.74, 6) is 0.108. The average molecular weight is 246 g/mol. The van der Waals surface area contributed by atoms with Crippen LogP contribution in [-0.4, -0.2) is 0 Å². The lowest BCUT2D eigenvalue weighted by molar-refractivity contribution is 0.512. The SMILES string of the molecule is CC(C)[C@@H](N)c1ccc(F)c(Br)c1. The van der Waals surface area contributed by atoms with Gasteiger partial charge >= 0.3 is 0 Å². The van der Waals surface area contributed by atoms with E-state index in [2.05, 4.69) is 15.9 Å². The van der Waals surface area contributed by atoms with Crippen LogP contribution in [0.15, 0.2) is 22.7 Å². The first-order valence-corrected chi connectivity index (χ1v) is 5.02. The number of hydrogen-bond acceptors (Lipinski definition) is 1. The van der Waals surface area contributed by atoms with Crippen molar-refractivity contribution in [3.05, 3.63) is 34.1 Å². The molecule has 1 aromatic rings. The number of benzene rings is 1. The molecule has 13 heavy (non-hydrogen) atoms. The van der Waals surface area contributed by atoms with Crippen molar-refractivity contribution in [3.63, 3.8) is 0 Å². The van der Waals surface area contributed by atoms with E-state index in [0.29, 0.717) is 10.4 Å². The Balaban J connectivity index is 2.97. The topological polar surface area (TPSA) is 26.0 Å². The van der Waals surface area contributed by atoms with E-state index in [1.807, 2.05) is 13.8 Å². The highest BCUT2D eigenvalue weighted by molar-refractivity contribution is 9.10. The Morgan fingerprint density at radius 3 is 2.46 bits per heavy atom. The summed E-state index contributed by atoms with van der Waals surface area (Å²) >= 11 is 3.13. The summed E-state index contributed by atoms with van der Waals surface area (Å²) in [6.45, 7) is 4.09. The van der Waals surface area contributed by atoms with E-state index in [1.54, 1.807) is 12.1 Å². The molecule has 0 fully saturated rings. The second-order valence-electron chi connectivity index (χ2n) is 3.44. The van der Waals surface area contributed by atoms with Crippen LogP contribution in [0.1, 0.15) is 25.5 Å². The monoisotopic (exact) mass is 245 g/mol. The fourth-order valence-electron chi connectivity index (χ4n) is 1.10. The van der Waals surface area contributed by atoms with Gasteiger partial charge in [-0.3, -0.25) is 0 Å². The molecule has 0 aromatic heterocycles. The predicted molar refractivity (Wildman–Crippen MR) is 55.9 cm³/mol. The van der Waals surface area contributed by atoms with Gasteiger partial charge in [-0.05, 0) is 39.5 Å². The van der Waals surface area contributed by atoms with Crippen LogP contribution in [0, 0.1) is 11.7 Å². The summed E-state index contributed by atoms with van der Waals surface area (Å²) in [5, 5.41) is 0. The Hall–Kier alpha value is -0.410. The second kappa shape index (κ2) is 4.20. The lowest BCUT2D eigenvalue weighted by atomic mass is 9.97. The van der Waals surface area contributed by atoms with E-state index < -0.39 is 0 Å². The van der Waals surface area contributed by atoms with Crippen LogP contribution in [0.2, 0.25) is 0 Å². The quantitative estimate of drug-likeness (QED) is 0.851. The van der Waals surface area contributed by atoms with Crippen LogP contribution in [-0.2, 0) is 0 Å². The zero-order valence-electron chi connectivity index (χ0n) is 7.72. The number of halogens is 2. The minimum atomic E-state index is -0.250. The molecule has 3 heteroatoms. The first-order valence-electron chi connectivity index (χ1n) is 4.23. The fourth-order valence-corrected chi connectivity index (χ4v) is 1.50. The molecule has 0 saturated heterocycles. The average Bonchev–Trinajstić information content (AvgIpc) is 2.08. The highest BCUT2D eigenvalue weighted by atomic mass is 79.9. The Labute approximate surface area is 86.3 Å². The molecule has 1 aromatic carbocycles.